The molecule has 2 saturated heterocycles. The van der Waals surface area contributed by atoms with E-state index in [1.165, 1.54) is 12.8 Å². The molecule has 0 spiro atoms. The van der Waals surface area contributed by atoms with Crippen LogP contribution in [0.25, 0.3) is 0 Å². The minimum atomic E-state index is 0.131. The van der Waals surface area contributed by atoms with Gasteiger partial charge in [0.2, 0.25) is 0 Å². The van der Waals surface area contributed by atoms with Crippen LogP contribution in [0.4, 0.5) is 0 Å². The molecule has 0 N–H and O–H groups in total. The molecule has 2 aliphatic rings. The molecule has 0 saturated carbocycles. The van der Waals surface area contributed by atoms with Gasteiger partial charge < -0.3 is 14.2 Å². The van der Waals surface area contributed by atoms with E-state index >= 15 is 0 Å². The number of amides is 1. The van der Waals surface area contributed by atoms with Crippen LogP contribution in [0.1, 0.15) is 36.0 Å². The largest absolute Gasteiger partial charge is 0.472 e. The lowest BCUT2D eigenvalue weighted by Gasteiger charge is -2.33. The second-order valence-corrected chi connectivity index (χ2v) is 5.41. The van der Waals surface area contributed by atoms with Gasteiger partial charge in [-0.1, -0.05) is 0 Å². The monoisotopic (exact) mass is 248 g/mol. The topological polar surface area (TPSA) is 36.7 Å². The van der Waals surface area contributed by atoms with Gasteiger partial charge in [-0.3, -0.25) is 4.79 Å². The number of carbonyl (C=O) groups excluding carboxylic acids is 1. The van der Waals surface area contributed by atoms with Crippen LogP contribution in [0.5, 0.6) is 0 Å². The first-order chi connectivity index (χ1) is 8.77. The molecular weight excluding hydrogens is 228 g/mol. The van der Waals surface area contributed by atoms with Gasteiger partial charge in [0.1, 0.15) is 6.26 Å². The van der Waals surface area contributed by atoms with Crippen LogP contribution in [-0.4, -0.2) is 47.9 Å². The molecular formula is C14H20N2O2. The molecule has 98 valence electrons. The summed E-state index contributed by atoms with van der Waals surface area (Å²) in [5.74, 6) is 0.131. The van der Waals surface area contributed by atoms with Crippen LogP contribution >= 0.6 is 0 Å². The van der Waals surface area contributed by atoms with Gasteiger partial charge >= 0.3 is 0 Å². The van der Waals surface area contributed by atoms with Gasteiger partial charge in [-0.25, -0.2) is 0 Å². The van der Waals surface area contributed by atoms with E-state index < -0.39 is 0 Å². The van der Waals surface area contributed by atoms with Gasteiger partial charge in [0, 0.05) is 18.6 Å². The standard InChI is InChI=1S/C14H20N2O2/c1-15-7-2-4-12(15)13-5-3-8-16(13)14(17)11-6-9-18-10-11/h6,9-10,12-13H,2-5,7-8H2,1H3. The summed E-state index contributed by atoms with van der Waals surface area (Å²) in [7, 11) is 2.18. The molecule has 2 atom stereocenters. The van der Waals surface area contributed by atoms with E-state index in [0.717, 1.165) is 25.9 Å². The fourth-order valence-electron chi connectivity index (χ4n) is 3.42. The Kier molecular flexibility index (Phi) is 3.12. The van der Waals surface area contributed by atoms with Crippen molar-refractivity contribution >= 4 is 5.91 Å². The molecule has 0 radical (unpaired) electrons. The van der Waals surface area contributed by atoms with E-state index in [4.69, 9.17) is 4.42 Å². The molecule has 0 aliphatic carbocycles. The van der Waals surface area contributed by atoms with Crippen LogP contribution in [-0.2, 0) is 0 Å². The molecule has 4 nitrogen and oxygen atoms in total. The van der Waals surface area contributed by atoms with Gasteiger partial charge in [0.25, 0.3) is 5.91 Å². The minimum absolute atomic E-state index is 0.131. The number of rotatable bonds is 2. The molecule has 1 aromatic heterocycles. The second kappa shape index (κ2) is 4.76. The summed E-state index contributed by atoms with van der Waals surface area (Å²) >= 11 is 0. The number of nitrogens with zero attached hydrogens (tertiary/aromatic N) is 2. The summed E-state index contributed by atoms with van der Waals surface area (Å²) in [5, 5.41) is 0. The Morgan fingerprint density at radius 2 is 2.06 bits per heavy atom. The van der Waals surface area contributed by atoms with E-state index in [0.29, 0.717) is 17.6 Å². The highest BCUT2D eigenvalue weighted by Gasteiger charge is 2.38. The van der Waals surface area contributed by atoms with Crippen LogP contribution in [0, 0.1) is 0 Å². The third-order valence-electron chi connectivity index (χ3n) is 4.35. The van der Waals surface area contributed by atoms with Crippen molar-refractivity contribution in [2.45, 2.75) is 37.8 Å². The maximum Gasteiger partial charge on any atom is 0.257 e. The average molecular weight is 248 g/mol. The van der Waals surface area contributed by atoms with Crippen molar-refractivity contribution < 1.29 is 9.21 Å². The van der Waals surface area contributed by atoms with Crippen molar-refractivity contribution in [1.29, 1.82) is 0 Å². The number of hydrogen-bond donors (Lipinski definition) is 0. The Balaban J connectivity index is 1.77. The zero-order chi connectivity index (χ0) is 12.5. The predicted octanol–water partition coefficient (Wildman–Crippen LogP) is 1.98. The van der Waals surface area contributed by atoms with Crippen LogP contribution in [0.3, 0.4) is 0 Å². The Morgan fingerprint density at radius 3 is 2.72 bits per heavy atom. The Morgan fingerprint density at radius 1 is 1.28 bits per heavy atom. The SMILES string of the molecule is CN1CCCC1C1CCCN1C(=O)c1ccoc1. The van der Waals surface area contributed by atoms with Gasteiger partial charge in [0.05, 0.1) is 11.8 Å². The summed E-state index contributed by atoms with van der Waals surface area (Å²) < 4.78 is 5.02. The summed E-state index contributed by atoms with van der Waals surface area (Å²) in [5.41, 5.74) is 0.683. The Bertz CT molecular complexity index is 415. The maximum absolute atomic E-state index is 12.4. The third kappa shape index (κ3) is 1.94. The lowest BCUT2D eigenvalue weighted by molar-refractivity contribution is 0.0664. The highest BCUT2D eigenvalue weighted by Crippen LogP contribution is 2.30. The maximum atomic E-state index is 12.4. The molecule has 3 rings (SSSR count). The number of carbonyl (C=O) groups is 1. The molecule has 1 aromatic rings. The van der Waals surface area contributed by atoms with Crippen molar-refractivity contribution in [2.24, 2.45) is 0 Å². The van der Waals surface area contributed by atoms with Crippen LogP contribution < -0.4 is 0 Å². The van der Waals surface area contributed by atoms with Crippen molar-refractivity contribution in [3.05, 3.63) is 24.2 Å². The first-order valence-electron chi connectivity index (χ1n) is 6.81. The van der Waals surface area contributed by atoms with Gasteiger partial charge in [-0.05, 0) is 45.3 Å². The quantitative estimate of drug-likeness (QED) is 0.803. The summed E-state index contributed by atoms with van der Waals surface area (Å²) in [6, 6.07) is 2.69. The minimum Gasteiger partial charge on any atom is -0.472 e. The molecule has 4 heteroatoms. The van der Waals surface area contributed by atoms with E-state index in [2.05, 4.69) is 16.8 Å². The number of furan rings is 1. The Labute approximate surface area is 108 Å². The zero-order valence-electron chi connectivity index (χ0n) is 10.8. The lowest BCUT2D eigenvalue weighted by Crippen LogP contribution is -2.47. The number of likely N-dealkylation sites (N-methyl/N-ethyl adjacent to an activating group) is 1. The fraction of sp³-hybridized carbons (Fsp3) is 0.643. The summed E-state index contributed by atoms with van der Waals surface area (Å²) in [6.45, 7) is 2.05. The molecule has 2 aliphatic heterocycles. The summed E-state index contributed by atoms with van der Waals surface area (Å²) in [4.78, 5) is 16.9. The Hall–Kier alpha value is -1.29. The molecule has 1 amide bonds. The zero-order valence-corrected chi connectivity index (χ0v) is 10.8. The van der Waals surface area contributed by atoms with Crippen molar-refractivity contribution in [3.8, 4) is 0 Å². The molecule has 0 aromatic carbocycles. The van der Waals surface area contributed by atoms with Crippen LogP contribution in [0.2, 0.25) is 0 Å². The van der Waals surface area contributed by atoms with Gasteiger partial charge in [-0.2, -0.15) is 0 Å². The van der Waals surface area contributed by atoms with Crippen molar-refractivity contribution in [1.82, 2.24) is 9.80 Å². The highest BCUT2D eigenvalue weighted by molar-refractivity contribution is 5.94. The lowest BCUT2D eigenvalue weighted by atomic mass is 10.0. The van der Waals surface area contributed by atoms with E-state index in [-0.39, 0.29) is 5.91 Å². The van der Waals surface area contributed by atoms with E-state index in [1.807, 2.05) is 0 Å². The van der Waals surface area contributed by atoms with Gasteiger partial charge in [0.15, 0.2) is 0 Å². The summed E-state index contributed by atoms with van der Waals surface area (Å²) in [6.07, 6.45) is 7.86. The van der Waals surface area contributed by atoms with Crippen LogP contribution in [0.15, 0.2) is 23.0 Å². The first-order valence-corrected chi connectivity index (χ1v) is 6.81. The fourth-order valence-corrected chi connectivity index (χ4v) is 3.42. The molecule has 18 heavy (non-hydrogen) atoms. The molecule has 0 bridgehead atoms. The van der Waals surface area contributed by atoms with Gasteiger partial charge in [-0.15, -0.1) is 0 Å². The second-order valence-electron chi connectivity index (χ2n) is 5.41. The molecule has 2 unspecified atom stereocenters. The smallest absolute Gasteiger partial charge is 0.257 e. The number of likely N-dealkylation sites (tertiary alicyclic amines) is 2. The average Bonchev–Trinajstić information content (AvgIpc) is 3.09. The molecule has 2 fully saturated rings. The van der Waals surface area contributed by atoms with Crippen molar-refractivity contribution in [2.75, 3.05) is 20.1 Å². The van der Waals surface area contributed by atoms with Crippen molar-refractivity contribution in [3.63, 3.8) is 0 Å². The molecule has 3 heterocycles. The van der Waals surface area contributed by atoms with E-state index in [9.17, 15) is 4.79 Å². The predicted molar refractivity (Wildman–Crippen MR) is 68.4 cm³/mol. The highest BCUT2D eigenvalue weighted by atomic mass is 16.3. The van der Waals surface area contributed by atoms with E-state index in [1.54, 1.807) is 18.6 Å². The third-order valence-corrected chi connectivity index (χ3v) is 4.35. The normalized spacial score (nSPS) is 29.1. The first kappa shape index (κ1) is 11.8. The number of hydrogen-bond acceptors (Lipinski definition) is 3.